The van der Waals surface area contributed by atoms with Crippen LogP contribution in [-0.2, 0) is 4.79 Å². The normalized spacial score (nSPS) is 10.2. The summed E-state index contributed by atoms with van der Waals surface area (Å²) in [6.45, 7) is 3.99. The average Bonchev–Trinajstić information content (AvgIpc) is 2.41. The standard InChI is InChI=1S/C16H16INO2/c1-11-3-6-14(7-4-11)20-10-16(19)18-15-8-5-13(17)9-12(15)2/h3-9H,10H2,1-2H3,(H,18,19). The Morgan fingerprint density at radius 3 is 2.50 bits per heavy atom. The highest BCUT2D eigenvalue weighted by Crippen LogP contribution is 2.18. The molecule has 0 bridgehead atoms. The van der Waals surface area contributed by atoms with Crippen molar-refractivity contribution < 1.29 is 9.53 Å². The summed E-state index contributed by atoms with van der Waals surface area (Å²) in [7, 11) is 0. The van der Waals surface area contributed by atoms with E-state index in [0.29, 0.717) is 5.75 Å². The quantitative estimate of drug-likeness (QED) is 0.816. The second-order valence-corrected chi connectivity index (χ2v) is 5.85. The highest BCUT2D eigenvalue weighted by molar-refractivity contribution is 14.1. The van der Waals surface area contributed by atoms with Crippen molar-refractivity contribution in [2.45, 2.75) is 13.8 Å². The molecule has 0 saturated carbocycles. The van der Waals surface area contributed by atoms with Gasteiger partial charge in [0.2, 0.25) is 0 Å². The van der Waals surface area contributed by atoms with Crippen molar-refractivity contribution in [3.05, 3.63) is 57.2 Å². The number of aryl methyl sites for hydroxylation is 2. The Morgan fingerprint density at radius 1 is 1.15 bits per heavy atom. The Labute approximate surface area is 132 Å². The molecule has 0 aromatic heterocycles. The summed E-state index contributed by atoms with van der Waals surface area (Å²) >= 11 is 2.25. The molecule has 0 aliphatic rings. The molecule has 0 spiro atoms. The second-order valence-electron chi connectivity index (χ2n) is 4.61. The minimum atomic E-state index is -0.158. The molecular weight excluding hydrogens is 365 g/mol. The zero-order chi connectivity index (χ0) is 14.5. The van der Waals surface area contributed by atoms with E-state index in [2.05, 4.69) is 27.9 Å². The van der Waals surface area contributed by atoms with Gasteiger partial charge in [-0.15, -0.1) is 0 Å². The first kappa shape index (κ1) is 14.8. The minimum absolute atomic E-state index is 0.00842. The maximum absolute atomic E-state index is 11.9. The highest BCUT2D eigenvalue weighted by atomic mass is 127. The van der Waals surface area contributed by atoms with E-state index in [1.807, 2.05) is 56.3 Å². The molecule has 0 unspecified atom stereocenters. The lowest BCUT2D eigenvalue weighted by Crippen LogP contribution is -2.20. The first-order valence-electron chi connectivity index (χ1n) is 6.30. The van der Waals surface area contributed by atoms with Gasteiger partial charge in [-0.05, 0) is 72.3 Å². The number of hydrogen-bond donors (Lipinski definition) is 1. The Bertz CT molecular complexity index is 608. The molecular formula is C16H16INO2. The SMILES string of the molecule is Cc1ccc(OCC(=O)Nc2ccc(I)cc2C)cc1. The van der Waals surface area contributed by atoms with Crippen molar-refractivity contribution in [2.24, 2.45) is 0 Å². The lowest BCUT2D eigenvalue weighted by molar-refractivity contribution is -0.118. The zero-order valence-corrected chi connectivity index (χ0v) is 13.6. The summed E-state index contributed by atoms with van der Waals surface area (Å²) in [5.74, 6) is 0.542. The largest absolute Gasteiger partial charge is 0.484 e. The summed E-state index contributed by atoms with van der Waals surface area (Å²) in [5.41, 5.74) is 3.03. The van der Waals surface area contributed by atoms with Crippen LogP contribution in [0.2, 0.25) is 0 Å². The molecule has 0 fully saturated rings. The molecule has 2 aromatic rings. The average molecular weight is 381 g/mol. The molecule has 0 saturated heterocycles. The molecule has 1 N–H and O–H groups in total. The molecule has 1 amide bonds. The van der Waals surface area contributed by atoms with E-state index >= 15 is 0 Å². The van der Waals surface area contributed by atoms with Gasteiger partial charge in [0.15, 0.2) is 6.61 Å². The van der Waals surface area contributed by atoms with Gasteiger partial charge in [0.05, 0.1) is 0 Å². The number of anilines is 1. The van der Waals surface area contributed by atoms with Crippen LogP contribution < -0.4 is 10.1 Å². The summed E-state index contributed by atoms with van der Waals surface area (Å²) in [4.78, 5) is 11.9. The van der Waals surface area contributed by atoms with E-state index < -0.39 is 0 Å². The third kappa shape index (κ3) is 4.23. The van der Waals surface area contributed by atoms with Gasteiger partial charge in [-0.1, -0.05) is 17.7 Å². The summed E-state index contributed by atoms with van der Waals surface area (Å²) in [5, 5.41) is 2.85. The van der Waals surface area contributed by atoms with Gasteiger partial charge < -0.3 is 10.1 Å². The van der Waals surface area contributed by atoms with Crippen molar-refractivity contribution >= 4 is 34.2 Å². The van der Waals surface area contributed by atoms with Crippen LogP contribution in [0.1, 0.15) is 11.1 Å². The van der Waals surface area contributed by atoms with Gasteiger partial charge in [0.25, 0.3) is 5.91 Å². The first-order valence-corrected chi connectivity index (χ1v) is 7.38. The lowest BCUT2D eigenvalue weighted by Gasteiger charge is -2.10. The second kappa shape index (κ2) is 6.74. The smallest absolute Gasteiger partial charge is 0.262 e. The van der Waals surface area contributed by atoms with E-state index in [0.717, 1.165) is 20.4 Å². The van der Waals surface area contributed by atoms with Gasteiger partial charge in [-0.2, -0.15) is 0 Å². The van der Waals surface area contributed by atoms with E-state index in [4.69, 9.17) is 4.74 Å². The molecule has 0 aliphatic carbocycles. The monoisotopic (exact) mass is 381 g/mol. The van der Waals surface area contributed by atoms with Crippen molar-refractivity contribution in [1.29, 1.82) is 0 Å². The Hall–Kier alpha value is -1.56. The molecule has 2 rings (SSSR count). The minimum Gasteiger partial charge on any atom is -0.484 e. The van der Waals surface area contributed by atoms with Gasteiger partial charge >= 0.3 is 0 Å². The summed E-state index contributed by atoms with van der Waals surface area (Å²) < 4.78 is 6.59. The van der Waals surface area contributed by atoms with Crippen LogP contribution in [0.4, 0.5) is 5.69 Å². The maximum Gasteiger partial charge on any atom is 0.262 e. The molecule has 3 nitrogen and oxygen atoms in total. The predicted molar refractivity (Wildman–Crippen MR) is 89.2 cm³/mol. The van der Waals surface area contributed by atoms with Crippen LogP contribution in [0.25, 0.3) is 0 Å². The van der Waals surface area contributed by atoms with Gasteiger partial charge in [0.1, 0.15) is 5.75 Å². The van der Waals surface area contributed by atoms with Crippen LogP contribution in [-0.4, -0.2) is 12.5 Å². The van der Waals surface area contributed by atoms with Gasteiger partial charge in [-0.25, -0.2) is 0 Å². The predicted octanol–water partition coefficient (Wildman–Crippen LogP) is 3.93. The number of rotatable bonds is 4. The van der Waals surface area contributed by atoms with Crippen molar-refractivity contribution in [2.75, 3.05) is 11.9 Å². The van der Waals surface area contributed by atoms with Crippen molar-refractivity contribution in [3.63, 3.8) is 0 Å². The zero-order valence-electron chi connectivity index (χ0n) is 11.4. The molecule has 0 atom stereocenters. The van der Waals surface area contributed by atoms with Crippen molar-refractivity contribution in [1.82, 2.24) is 0 Å². The van der Waals surface area contributed by atoms with E-state index in [-0.39, 0.29) is 12.5 Å². The van der Waals surface area contributed by atoms with E-state index in [1.165, 1.54) is 0 Å². The summed E-state index contributed by atoms with van der Waals surface area (Å²) in [6, 6.07) is 13.5. The van der Waals surface area contributed by atoms with E-state index in [9.17, 15) is 4.79 Å². The first-order chi connectivity index (χ1) is 9.54. The number of amides is 1. The Kier molecular flexibility index (Phi) is 5.00. The van der Waals surface area contributed by atoms with Crippen LogP contribution in [0, 0.1) is 17.4 Å². The fraction of sp³-hybridized carbons (Fsp3) is 0.188. The third-order valence-corrected chi connectivity index (χ3v) is 3.52. The maximum atomic E-state index is 11.9. The van der Waals surface area contributed by atoms with E-state index in [1.54, 1.807) is 0 Å². The third-order valence-electron chi connectivity index (χ3n) is 2.85. The molecule has 0 radical (unpaired) electrons. The molecule has 2 aromatic carbocycles. The number of carbonyl (C=O) groups excluding carboxylic acids is 1. The summed E-state index contributed by atoms with van der Waals surface area (Å²) in [6.07, 6.45) is 0. The highest BCUT2D eigenvalue weighted by Gasteiger charge is 2.06. The molecule has 104 valence electrons. The molecule has 0 heterocycles. The lowest BCUT2D eigenvalue weighted by atomic mass is 10.2. The number of benzene rings is 2. The number of halogens is 1. The Balaban J connectivity index is 1.90. The van der Waals surface area contributed by atoms with Gasteiger partial charge in [0, 0.05) is 9.26 Å². The fourth-order valence-corrected chi connectivity index (χ4v) is 2.38. The Morgan fingerprint density at radius 2 is 1.85 bits per heavy atom. The fourth-order valence-electron chi connectivity index (χ4n) is 1.74. The number of hydrogen-bond acceptors (Lipinski definition) is 2. The van der Waals surface area contributed by atoms with Crippen LogP contribution in [0.3, 0.4) is 0 Å². The van der Waals surface area contributed by atoms with Crippen LogP contribution >= 0.6 is 22.6 Å². The molecule has 20 heavy (non-hydrogen) atoms. The van der Waals surface area contributed by atoms with Crippen LogP contribution in [0.5, 0.6) is 5.75 Å². The molecule has 0 aliphatic heterocycles. The number of nitrogens with one attached hydrogen (secondary N) is 1. The topological polar surface area (TPSA) is 38.3 Å². The van der Waals surface area contributed by atoms with Gasteiger partial charge in [-0.3, -0.25) is 4.79 Å². The molecule has 4 heteroatoms. The number of carbonyl (C=O) groups is 1. The van der Waals surface area contributed by atoms with Crippen molar-refractivity contribution in [3.8, 4) is 5.75 Å². The number of ether oxygens (including phenoxy) is 1. The van der Waals surface area contributed by atoms with Crippen LogP contribution in [0.15, 0.2) is 42.5 Å².